The van der Waals surface area contributed by atoms with Crippen LogP contribution in [0, 0.1) is 12.8 Å². The first-order chi connectivity index (χ1) is 12.2. The normalized spacial score (nSPS) is 18.7. The van der Waals surface area contributed by atoms with E-state index in [4.69, 9.17) is 4.74 Å². The van der Waals surface area contributed by atoms with Crippen molar-refractivity contribution in [2.45, 2.75) is 27.3 Å². The van der Waals surface area contributed by atoms with Gasteiger partial charge in [0, 0.05) is 25.8 Å². The van der Waals surface area contributed by atoms with Gasteiger partial charge < -0.3 is 9.64 Å². The Kier molecular flexibility index (Phi) is 4.17. The monoisotopic (exact) mass is 340 g/mol. The van der Waals surface area contributed by atoms with Gasteiger partial charge in [-0.1, -0.05) is 13.0 Å². The van der Waals surface area contributed by atoms with Crippen LogP contribution in [0.5, 0.6) is 0 Å². The molecule has 4 heterocycles. The van der Waals surface area contributed by atoms with E-state index in [0.29, 0.717) is 5.92 Å². The molecule has 0 saturated carbocycles. The van der Waals surface area contributed by atoms with Crippen molar-refractivity contribution in [2.24, 2.45) is 5.92 Å². The molecule has 0 bridgehead atoms. The molecule has 0 amide bonds. The first-order valence-electron chi connectivity index (χ1n) is 8.89. The van der Waals surface area contributed by atoms with Gasteiger partial charge in [-0.2, -0.15) is 0 Å². The zero-order chi connectivity index (χ0) is 17.4. The standard InChI is InChI=1S/C18H24N6O/c1-4-23-17(16-14(3)19-15-7-5-6-8-24(15)16)20-21-18(23)22-9-10-25-12-13(2)11-22/h5-8,13H,4,9-12H2,1-3H3. The molecule has 132 valence electrons. The summed E-state index contributed by atoms with van der Waals surface area (Å²) in [5.74, 6) is 2.26. The number of rotatable bonds is 3. The lowest BCUT2D eigenvalue weighted by atomic mass is 10.2. The second-order valence-corrected chi connectivity index (χ2v) is 6.67. The van der Waals surface area contributed by atoms with Gasteiger partial charge in [0.2, 0.25) is 5.95 Å². The van der Waals surface area contributed by atoms with Gasteiger partial charge in [-0.05, 0) is 31.9 Å². The first-order valence-corrected chi connectivity index (χ1v) is 8.89. The number of nitrogens with zero attached hydrogens (tertiary/aromatic N) is 6. The van der Waals surface area contributed by atoms with Gasteiger partial charge in [0.25, 0.3) is 0 Å². The molecule has 3 aromatic heterocycles. The number of imidazole rings is 1. The smallest absolute Gasteiger partial charge is 0.227 e. The van der Waals surface area contributed by atoms with E-state index in [2.05, 4.69) is 42.9 Å². The Hall–Kier alpha value is -2.41. The summed E-state index contributed by atoms with van der Waals surface area (Å²) in [7, 11) is 0. The molecular weight excluding hydrogens is 316 g/mol. The van der Waals surface area contributed by atoms with E-state index in [1.54, 1.807) is 0 Å². The van der Waals surface area contributed by atoms with Crippen LogP contribution in [0.3, 0.4) is 0 Å². The zero-order valence-electron chi connectivity index (χ0n) is 15.0. The van der Waals surface area contributed by atoms with Crippen LogP contribution in [0.15, 0.2) is 24.4 Å². The van der Waals surface area contributed by atoms with Crippen LogP contribution < -0.4 is 4.90 Å². The number of aromatic nitrogens is 5. The Labute approximate surface area is 147 Å². The first kappa shape index (κ1) is 16.1. The van der Waals surface area contributed by atoms with Gasteiger partial charge >= 0.3 is 0 Å². The molecule has 25 heavy (non-hydrogen) atoms. The quantitative estimate of drug-likeness (QED) is 0.733. The molecule has 1 atom stereocenters. The van der Waals surface area contributed by atoms with Gasteiger partial charge in [-0.15, -0.1) is 10.2 Å². The summed E-state index contributed by atoms with van der Waals surface area (Å²) in [5.41, 5.74) is 2.90. The highest BCUT2D eigenvalue weighted by Crippen LogP contribution is 2.27. The Morgan fingerprint density at radius 2 is 2.16 bits per heavy atom. The Morgan fingerprint density at radius 1 is 1.28 bits per heavy atom. The van der Waals surface area contributed by atoms with Crippen molar-refractivity contribution in [3.63, 3.8) is 0 Å². The second kappa shape index (κ2) is 6.48. The molecular formula is C18H24N6O. The van der Waals surface area contributed by atoms with Crippen LogP contribution in [0.2, 0.25) is 0 Å². The fourth-order valence-corrected chi connectivity index (χ4v) is 3.54. The van der Waals surface area contributed by atoms with Crippen molar-refractivity contribution in [3.05, 3.63) is 30.1 Å². The molecule has 7 nitrogen and oxygen atoms in total. The summed E-state index contributed by atoms with van der Waals surface area (Å²) in [5, 5.41) is 9.07. The minimum atomic E-state index is 0.477. The van der Waals surface area contributed by atoms with Crippen molar-refractivity contribution in [3.8, 4) is 11.5 Å². The van der Waals surface area contributed by atoms with E-state index in [1.165, 1.54) is 0 Å². The molecule has 4 rings (SSSR count). The molecule has 3 aromatic rings. The van der Waals surface area contributed by atoms with E-state index in [-0.39, 0.29) is 0 Å². The van der Waals surface area contributed by atoms with Crippen LogP contribution in [0.1, 0.15) is 19.5 Å². The highest BCUT2D eigenvalue weighted by Gasteiger charge is 2.24. The van der Waals surface area contributed by atoms with Gasteiger partial charge in [0.05, 0.1) is 18.9 Å². The van der Waals surface area contributed by atoms with E-state index in [0.717, 1.165) is 61.7 Å². The predicted molar refractivity (Wildman–Crippen MR) is 96.8 cm³/mol. The Balaban J connectivity index is 1.81. The van der Waals surface area contributed by atoms with E-state index in [9.17, 15) is 0 Å². The molecule has 0 aliphatic carbocycles. The predicted octanol–water partition coefficient (Wildman–Crippen LogP) is 2.39. The third-order valence-electron chi connectivity index (χ3n) is 4.69. The van der Waals surface area contributed by atoms with E-state index < -0.39 is 0 Å². The number of hydrogen-bond acceptors (Lipinski definition) is 5. The third-order valence-corrected chi connectivity index (χ3v) is 4.69. The molecule has 0 N–H and O–H groups in total. The highest BCUT2D eigenvalue weighted by molar-refractivity contribution is 5.62. The average Bonchev–Trinajstić information content (AvgIpc) is 3.09. The molecule has 0 aromatic carbocycles. The van der Waals surface area contributed by atoms with Crippen LogP contribution in [0.4, 0.5) is 5.95 Å². The summed E-state index contributed by atoms with van der Waals surface area (Å²) < 4.78 is 9.94. The van der Waals surface area contributed by atoms with Gasteiger partial charge in [-0.3, -0.25) is 8.97 Å². The maximum Gasteiger partial charge on any atom is 0.227 e. The lowest BCUT2D eigenvalue weighted by molar-refractivity contribution is 0.129. The third kappa shape index (κ3) is 2.78. The van der Waals surface area contributed by atoms with Crippen LogP contribution in [-0.2, 0) is 11.3 Å². The lowest BCUT2D eigenvalue weighted by Crippen LogP contribution is -2.31. The van der Waals surface area contributed by atoms with Crippen molar-refractivity contribution >= 4 is 11.6 Å². The minimum absolute atomic E-state index is 0.477. The van der Waals surface area contributed by atoms with Crippen LogP contribution >= 0.6 is 0 Å². The summed E-state index contributed by atoms with van der Waals surface area (Å²) in [6.45, 7) is 10.5. The van der Waals surface area contributed by atoms with Crippen LogP contribution in [0.25, 0.3) is 17.2 Å². The summed E-state index contributed by atoms with van der Waals surface area (Å²) in [6, 6.07) is 6.02. The van der Waals surface area contributed by atoms with Gasteiger partial charge in [0.1, 0.15) is 11.3 Å². The fourth-order valence-electron chi connectivity index (χ4n) is 3.54. The number of pyridine rings is 1. The van der Waals surface area contributed by atoms with Crippen molar-refractivity contribution in [2.75, 3.05) is 31.2 Å². The molecule has 0 radical (unpaired) electrons. The second-order valence-electron chi connectivity index (χ2n) is 6.67. The van der Waals surface area contributed by atoms with Crippen molar-refractivity contribution in [1.82, 2.24) is 24.1 Å². The minimum Gasteiger partial charge on any atom is -0.379 e. The molecule has 1 unspecified atom stereocenters. The number of anilines is 1. The molecule has 1 fully saturated rings. The molecule has 1 aliphatic heterocycles. The van der Waals surface area contributed by atoms with Crippen molar-refractivity contribution < 1.29 is 4.74 Å². The summed E-state index contributed by atoms with van der Waals surface area (Å²) >= 11 is 0. The van der Waals surface area contributed by atoms with E-state index in [1.807, 2.05) is 31.3 Å². The average molecular weight is 340 g/mol. The van der Waals surface area contributed by atoms with Crippen molar-refractivity contribution in [1.29, 1.82) is 0 Å². The fraction of sp³-hybridized carbons (Fsp3) is 0.500. The maximum atomic E-state index is 5.67. The zero-order valence-corrected chi connectivity index (χ0v) is 15.0. The Bertz CT molecular complexity index is 883. The summed E-state index contributed by atoms with van der Waals surface area (Å²) in [6.07, 6.45) is 2.03. The number of fused-ring (bicyclic) bond motifs is 1. The maximum absolute atomic E-state index is 5.67. The molecule has 1 saturated heterocycles. The summed E-state index contributed by atoms with van der Waals surface area (Å²) in [4.78, 5) is 6.95. The highest BCUT2D eigenvalue weighted by atomic mass is 16.5. The topological polar surface area (TPSA) is 60.5 Å². The largest absolute Gasteiger partial charge is 0.379 e. The van der Waals surface area contributed by atoms with Gasteiger partial charge in [-0.25, -0.2) is 4.98 Å². The Morgan fingerprint density at radius 3 is 3.00 bits per heavy atom. The van der Waals surface area contributed by atoms with Crippen LogP contribution in [-0.4, -0.2) is 50.5 Å². The molecule has 7 heteroatoms. The number of hydrogen-bond donors (Lipinski definition) is 0. The van der Waals surface area contributed by atoms with Gasteiger partial charge in [0.15, 0.2) is 5.82 Å². The van der Waals surface area contributed by atoms with E-state index >= 15 is 0 Å². The number of ether oxygens (including phenoxy) is 1. The number of aryl methyl sites for hydroxylation is 1. The lowest BCUT2D eigenvalue weighted by Gasteiger charge is -2.23. The molecule has 1 aliphatic rings. The molecule has 0 spiro atoms. The SMILES string of the molecule is CCn1c(-c2c(C)nc3ccccn23)nnc1N1CCOCC(C)C1.